The van der Waals surface area contributed by atoms with Crippen molar-refractivity contribution in [2.45, 2.75) is 25.5 Å². The first-order chi connectivity index (χ1) is 11.4. The van der Waals surface area contributed by atoms with Gasteiger partial charge in [-0.3, -0.25) is 9.78 Å². The van der Waals surface area contributed by atoms with Gasteiger partial charge in [0.05, 0.1) is 35.2 Å². The predicted octanol–water partition coefficient (Wildman–Crippen LogP) is -3.80. The van der Waals surface area contributed by atoms with E-state index >= 15 is 0 Å². The van der Waals surface area contributed by atoms with Crippen LogP contribution < -0.4 is 40.4 Å². The van der Waals surface area contributed by atoms with E-state index in [1.807, 2.05) is 0 Å². The molecular formula is C16H13N2NaO6. The van der Waals surface area contributed by atoms with Gasteiger partial charge in [0, 0.05) is 0 Å². The summed E-state index contributed by atoms with van der Waals surface area (Å²) in [5.74, 6) is -3.08. The maximum Gasteiger partial charge on any atom is 1.00 e. The smallest absolute Gasteiger partial charge is 0.543 e. The number of fused-ring (bicyclic) bond motifs is 2. The topological polar surface area (TPSA) is 127 Å². The number of nitrogens with one attached hydrogen (secondary N) is 1. The number of H-pyrrole nitrogens is 1. The maximum absolute atomic E-state index is 12.2. The molecule has 0 radical (unpaired) electrons. The number of amides is 1. The number of rotatable bonds is 3. The predicted molar refractivity (Wildman–Crippen MR) is 79.2 cm³/mol. The molecule has 2 aromatic rings. The quantitative estimate of drug-likeness (QED) is 0.431. The Morgan fingerprint density at radius 2 is 2.16 bits per heavy atom. The second-order valence-corrected chi connectivity index (χ2v) is 6.09. The molecule has 2 aliphatic rings. The average molecular weight is 352 g/mol. The van der Waals surface area contributed by atoms with E-state index in [0.717, 1.165) is 0 Å². The zero-order valence-electron chi connectivity index (χ0n) is 13.6. The van der Waals surface area contributed by atoms with Gasteiger partial charge in [-0.1, -0.05) is 6.07 Å². The molecule has 1 saturated heterocycles. The molecule has 25 heavy (non-hydrogen) atoms. The molecule has 1 aromatic carbocycles. The molecule has 1 fully saturated rings. The third kappa shape index (κ3) is 2.56. The number of aliphatic hydroxyl groups excluding tert-OH is 1. The fraction of sp³-hybridized carbons (Fsp3) is 0.312. The van der Waals surface area contributed by atoms with Crippen molar-refractivity contribution in [3.63, 3.8) is 0 Å². The number of β-lactam (4-membered cyclic amide) rings is 1. The van der Waals surface area contributed by atoms with Crippen LogP contribution in [0.5, 0.6) is 0 Å². The summed E-state index contributed by atoms with van der Waals surface area (Å²) in [5.41, 5.74) is 1.59. The zero-order chi connectivity index (χ0) is 17.2. The Balaban J connectivity index is 0.00000182. The average Bonchev–Trinajstić information content (AvgIpc) is 3.02. The summed E-state index contributed by atoms with van der Waals surface area (Å²) in [6.07, 6.45) is -0.559. The van der Waals surface area contributed by atoms with Gasteiger partial charge < -0.3 is 24.3 Å². The van der Waals surface area contributed by atoms with Gasteiger partial charge >= 0.3 is 35.3 Å². The number of aromatic amines is 1. The van der Waals surface area contributed by atoms with Crippen LogP contribution in [0.1, 0.15) is 18.9 Å². The zero-order valence-corrected chi connectivity index (χ0v) is 15.6. The molecule has 1 aromatic heterocycles. The molecule has 0 spiro atoms. The minimum absolute atomic E-state index is 0. The molecule has 8 nitrogen and oxygen atoms in total. The molecule has 0 bridgehead atoms. The number of carboxylic acids is 1. The second kappa shape index (κ2) is 6.14. The van der Waals surface area contributed by atoms with Gasteiger partial charge in [0.1, 0.15) is 0 Å². The molecule has 4 rings (SSSR count). The van der Waals surface area contributed by atoms with E-state index in [1.54, 1.807) is 18.2 Å². The molecular weight excluding hydrogens is 339 g/mol. The number of oxazole rings is 1. The van der Waals surface area contributed by atoms with Crippen molar-refractivity contribution >= 4 is 28.5 Å². The van der Waals surface area contributed by atoms with E-state index in [4.69, 9.17) is 4.42 Å². The Bertz CT molecular complexity index is 972. The number of aliphatic carboxylic acids is 1. The summed E-state index contributed by atoms with van der Waals surface area (Å²) in [6.45, 7) is 1.51. The monoisotopic (exact) mass is 352 g/mol. The number of aromatic nitrogens is 1. The Kier molecular flexibility index (Phi) is 4.40. The van der Waals surface area contributed by atoms with Gasteiger partial charge in [-0.25, -0.2) is 4.79 Å². The number of aliphatic hydroxyl groups is 1. The van der Waals surface area contributed by atoms with Gasteiger partial charge in [0.25, 0.3) is 0 Å². The van der Waals surface area contributed by atoms with E-state index in [9.17, 15) is 24.6 Å². The first-order valence-electron chi connectivity index (χ1n) is 7.47. The standard InChI is InChI=1S/C16H14N2O6.Na/c1-6(19)12-10-5-8(13(15(21)22)18(10)14(12)20)7-2-3-9-11(4-7)24-16(23)17-9;/h2-4,6,10,12,19H,5H2,1H3,(H,17,23)(H,21,22);/q;+1/p-1/t6-,10-,12-;/m1./s1. The summed E-state index contributed by atoms with van der Waals surface area (Å²) in [4.78, 5) is 38.7. The van der Waals surface area contributed by atoms with Crippen molar-refractivity contribution in [1.29, 1.82) is 0 Å². The Morgan fingerprint density at radius 3 is 2.80 bits per heavy atom. The number of hydrogen-bond acceptors (Lipinski definition) is 6. The number of carboxylic acid groups (broad SMARTS) is 1. The number of hydrogen-bond donors (Lipinski definition) is 2. The minimum atomic E-state index is -1.44. The molecule has 0 aliphatic carbocycles. The number of benzene rings is 1. The van der Waals surface area contributed by atoms with E-state index in [-0.39, 0.29) is 35.3 Å². The van der Waals surface area contributed by atoms with E-state index in [2.05, 4.69) is 4.98 Å². The van der Waals surface area contributed by atoms with E-state index in [0.29, 0.717) is 28.7 Å². The van der Waals surface area contributed by atoms with Gasteiger partial charge in [0.15, 0.2) is 5.58 Å². The van der Waals surface area contributed by atoms with Crippen molar-refractivity contribution in [2.24, 2.45) is 5.92 Å². The minimum Gasteiger partial charge on any atom is -0.543 e. The molecule has 3 atom stereocenters. The molecule has 124 valence electrons. The van der Waals surface area contributed by atoms with Crippen LogP contribution in [0.15, 0.2) is 33.1 Å². The molecule has 2 N–H and O–H groups in total. The first kappa shape index (κ1) is 17.9. The largest absolute Gasteiger partial charge is 1.00 e. The third-order valence-corrected chi connectivity index (χ3v) is 4.69. The molecule has 9 heteroatoms. The van der Waals surface area contributed by atoms with Gasteiger partial charge in [-0.2, -0.15) is 0 Å². The van der Waals surface area contributed by atoms with Crippen LogP contribution in [-0.4, -0.2) is 39.0 Å². The summed E-state index contributed by atoms with van der Waals surface area (Å²) in [6, 6.07) is 4.42. The van der Waals surface area contributed by atoms with E-state index in [1.165, 1.54) is 11.8 Å². The van der Waals surface area contributed by atoms with Crippen LogP contribution in [0.3, 0.4) is 0 Å². The number of carbonyl (C=O) groups is 2. The van der Waals surface area contributed by atoms with Crippen molar-refractivity contribution in [1.82, 2.24) is 9.88 Å². The molecule has 3 heterocycles. The van der Waals surface area contributed by atoms with Crippen molar-refractivity contribution < 1.29 is 53.8 Å². The third-order valence-electron chi connectivity index (χ3n) is 4.69. The summed E-state index contributed by atoms with van der Waals surface area (Å²) in [5, 5.41) is 21.3. The summed E-state index contributed by atoms with van der Waals surface area (Å²) in [7, 11) is 0. The van der Waals surface area contributed by atoms with Crippen molar-refractivity contribution in [3.8, 4) is 0 Å². The Morgan fingerprint density at radius 1 is 1.44 bits per heavy atom. The summed E-state index contributed by atoms with van der Waals surface area (Å²) < 4.78 is 5.00. The SMILES string of the molecule is C[C@@H](O)[C@H]1C(=O)N2C(C(=O)[O-])=C(c3ccc4[nH]c(=O)oc4c3)C[C@H]12.[Na+]. The molecule has 0 saturated carbocycles. The van der Waals surface area contributed by atoms with Gasteiger partial charge in [-0.15, -0.1) is 0 Å². The normalized spacial score (nSPS) is 23.3. The Labute approximate surface area is 163 Å². The fourth-order valence-corrected chi connectivity index (χ4v) is 3.65. The number of carbonyl (C=O) groups excluding carboxylic acids is 2. The number of nitrogens with zero attached hydrogens (tertiary/aromatic N) is 1. The Hall–Kier alpha value is -1.87. The maximum atomic E-state index is 12.2. The molecule has 0 unspecified atom stereocenters. The first-order valence-corrected chi connectivity index (χ1v) is 7.47. The van der Waals surface area contributed by atoms with Crippen LogP contribution in [0.2, 0.25) is 0 Å². The van der Waals surface area contributed by atoms with E-state index < -0.39 is 35.7 Å². The molecule has 1 amide bonds. The van der Waals surface area contributed by atoms with Crippen molar-refractivity contribution in [3.05, 3.63) is 40.0 Å². The van der Waals surface area contributed by atoms with Crippen molar-refractivity contribution in [2.75, 3.05) is 0 Å². The van der Waals surface area contributed by atoms with Crippen LogP contribution in [0.4, 0.5) is 0 Å². The van der Waals surface area contributed by atoms with Gasteiger partial charge in [-0.05, 0) is 36.6 Å². The van der Waals surface area contributed by atoms with Crippen LogP contribution in [0.25, 0.3) is 16.7 Å². The summed E-state index contributed by atoms with van der Waals surface area (Å²) >= 11 is 0. The molecule has 2 aliphatic heterocycles. The van der Waals surface area contributed by atoms with Crippen LogP contribution >= 0.6 is 0 Å². The van der Waals surface area contributed by atoms with Crippen LogP contribution in [-0.2, 0) is 9.59 Å². The second-order valence-electron chi connectivity index (χ2n) is 6.09. The fourth-order valence-electron chi connectivity index (χ4n) is 3.65. The van der Waals surface area contributed by atoms with Gasteiger partial charge in [0.2, 0.25) is 5.91 Å². The van der Waals surface area contributed by atoms with Crippen LogP contribution in [0, 0.1) is 5.92 Å².